The molecule has 0 atom stereocenters. The summed E-state index contributed by atoms with van der Waals surface area (Å²) in [5.41, 5.74) is 0.251. The molecular weight excluding hydrogens is 220 g/mol. The van der Waals surface area contributed by atoms with Gasteiger partial charge in [0.05, 0.1) is 5.69 Å². The number of thioether (sulfide) groups is 1. The van der Waals surface area contributed by atoms with E-state index in [1.54, 1.807) is 12.4 Å². The fraction of sp³-hybridized carbons (Fsp3) is 0.111. The van der Waals surface area contributed by atoms with Crippen molar-refractivity contribution >= 4 is 22.6 Å². The summed E-state index contributed by atoms with van der Waals surface area (Å²) in [4.78, 5) is 3.91. The molecule has 3 nitrogen and oxygen atoms in total. The zero-order chi connectivity index (χ0) is 11.3. The Labute approximate surface area is 89.8 Å². The van der Waals surface area contributed by atoms with Gasteiger partial charge >= 0.3 is 0 Å². The van der Waals surface area contributed by atoms with Crippen LogP contribution in [0.25, 0.3) is 0 Å². The highest BCUT2D eigenvalue weighted by molar-refractivity contribution is 8.13. The first-order valence-electron chi connectivity index (χ1n) is 3.90. The van der Waals surface area contributed by atoms with Crippen LogP contribution in [0, 0.1) is 23.1 Å². The Hall–Kier alpha value is -1.61. The smallest absolute Gasteiger partial charge is 0.183 e. The summed E-state index contributed by atoms with van der Waals surface area (Å²) in [6.45, 7) is 0. The van der Waals surface area contributed by atoms with Gasteiger partial charge < -0.3 is 0 Å². The van der Waals surface area contributed by atoms with Crippen molar-refractivity contribution in [2.24, 2.45) is 4.99 Å². The van der Waals surface area contributed by atoms with Crippen molar-refractivity contribution in [3.05, 3.63) is 29.8 Å². The Balaban J connectivity index is 2.97. The van der Waals surface area contributed by atoms with E-state index in [0.29, 0.717) is 5.17 Å². The number of nitrogens with one attached hydrogen (secondary N) is 1. The SMILES string of the molecule is CSC(=Nc1ccc(F)c(F)c1)NC#N. The maximum Gasteiger partial charge on any atom is 0.183 e. The van der Waals surface area contributed by atoms with Crippen molar-refractivity contribution in [1.82, 2.24) is 5.32 Å². The van der Waals surface area contributed by atoms with Gasteiger partial charge in [-0.3, -0.25) is 5.32 Å². The predicted molar refractivity (Wildman–Crippen MR) is 55.7 cm³/mol. The average molecular weight is 227 g/mol. The fourth-order valence-electron chi connectivity index (χ4n) is 0.844. The number of halogens is 2. The Kier molecular flexibility index (Phi) is 4.06. The number of rotatable bonds is 1. The lowest BCUT2D eigenvalue weighted by atomic mass is 10.3. The molecule has 0 fully saturated rings. The minimum atomic E-state index is -0.964. The molecule has 0 radical (unpaired) electrons. The van der Waals surface area contributed by atoms with E-state index in [4.69, 9.17) is 5.26 Å². The molecule has 0 unspecified atom stereocenters. The van der Waals surface area contributed by atoms with Crippen LogP contribution in [0.15, 0.2) is 23.2 Å². The van der Waals surface area contributed by atoms with Gasteiger partial charge in [-0.25, -0.2) is 13.8 Å². The van der Waals surface area contributed by atoms with Crippen LogP contribution < -0.4 is 5.32 Å². The molecule has 0 aromatic heterocycles. The lowest BCUT2D eigenvalue weighted by Gasteiger charge is -1.99. The molecule has 0 aliphatic heterocycles. The first kappa shape index (κ1) is 11.5. The van der Waals surface area contributed by atoms with Crippen LogP contribution in [0.2, 0.25) is 0 Å². The third-order valence-corrected chi connectivity index (χ3v) is 2.07. The fourth-order valence-corrected chi connectivity index (χ4v) is 1.19. The molecule has 1 rings (SSSR count). The van der Waals surface area contributed by atoms with Gasteiger partial charge in [-0.2, -0.15) is 5.26 Å². The van der Waals surface area contributed by atoms with E-state index >= 15 is 0 Å². The molecule has 0 spiro atoms. The Bertz CT molecular complexity index is 426. The van der Waals surface area contributed by atoms with Crippen molar-refractivity contribution < 1.29 is 8.78 Å². The molecule has 0 heterocycles. The molecule has 0 amide bonds. The van der Waals surface area contributed by atoms with Crippen molar-refractivity contribution in [3.63, 3.8) is 0 Å². The lowest BCUT2D eigenvalue weighted by Crippen LogP contribution is -2.12. The second-order valence-electron chi connectivity index (χ2n) is 2.46. The number of aliphatic imine (C=N–C) groups is 1. The van der Waals surface area contributed by atoms with Crippen molar-refractivity contribution in [3.8, 4) is 6.19 Å². The maximum atomic E-state index is 12.8. The van der Waals surface area contributed by atoms with E-state index in [2.05, 4.69) is 10.3 Å². The molecule has 1 N–H and O–H groups in total. The van der Waals surface area contributed by atoms with Crippen LogP contribution in [0.3, 0.4) is 0 Å². The lowest BCUT2D eigenvalue weighted by molar-refractivity contribution is 0.509. The Morgan fingerprint density at radius 2 is 2.20 bits per heavy atom. The summed E-state index contributed by atoms with van der Waals surface area (Å²) in [7, 11) is 0. The number of hydrogen-bond acceptors (Lipinski definition) is 3. The van der Waals surface area contributed by atoms with Crippen LogP contribution in [0.1, 0.15) is 0 Å². The molecule has 0 aliphatic carbocycles. The average Bonchev–Trinajstić information content (AvgIpc) is 2.23. The zero-order valence-electron chi connectivity index (χ0n) is 7.79. The second kappa shape index (κ2) is 5.32. The highest BCUT2D eigenvalue weighted by atomic mass is 32.2. The standard InChI is InChI=1S/C9H7F2N3S/c1-15-9(13-5-12)14-6-2-3-7(10)8(11)4-6/h2-4H,1H3,(H,13,14). The van der Waals surface area contributed by atoms with Gasteiger partial charge in [-0.15, -0.1) is 0 Å². The monoisotopic (exact) mass is 227 g/mol. The summed E-state index contributed by atoms with van der Waals surface area (Å²) in [6.07, 6.45) is 3.41. The summed E-state index contributed by atoms with van der Waals surface area (Å²) >= 11 is 1.20. The minimum absolute atomic E-state index is 0.251. The third kappa shape index (κ3) is 3.22. The van der Waals surface area contributed by atoms with Crippen molar-refractivity contribution in [1.29, 1.82) is 5.26 Å². The van der Waals surface area contributed by atoms with E-state index in [0.717, 1.165) is 12.1 Å². The first-order valence-corrected chi connectivity index (χ1v) is 5.12. The van der Waals surface area contributed by atoms with Gasteiger partial charge in [0, 0.05) is 6.07 Å². The van der Waals surface area contributed by atoms with Crippen LogP contribution >= 0.6 is 11.8 Å². The molecule has 15 heavy (non-hydrogen) atoms. The summed E-state index contributed by atoms with van der Waals surface area (Å²) in [6, 6.07) is 3.27. The largest absolute Gasteiger partial charge is 0.271 e. The number of nitrogens with zero attached hydrogens (tertiary/aromatic N) is 2. The van der Waals surface area contributed by atoms with Crippen molar-refractivity contribution in [2.45, 2.75) is 0 Å². The number of benzene rings is 1. The molecule has 6 heteroatoms. The van der Waals surface area contributed by atoms with Gasteiger partial charge in [0.1, 0.15) is 0 Å². The first-order chi connectivity index (χ1) is 7.17. The van der Waals surface area contributed by atoms with E-state index in [1.807, 2.05) is 0 Å². The zero-order valence-corrected chi connectivity index (χ0v) is 8.61. The molecule has 0 saturated heterocycles. The topological polar surface area (TPSA) is 48.2 Å². The van der Waals surface area contributed by atoms with Gasteiger partial charge in [-0.05, 0) is 18.4 Å². The molecule has 1 aromatic carbocycles. The Morgan fingerprint density at radius 3 is 2.73 bits per heavy atom. The number of nitriles is 1. The van der Waals surface area contributed by atoms with E-state index < -0.39 is 11.6 Å². The molecule has 1 aromatic rings. The quantitative estimate of drug-likeness (QED) is 0.347. The molecular formula is C9H7F2N3S. The van der Waals surface area contributed by atoms with Crippen molar-refractivity contribution in [2.75, 3.05) is 6.26 Å². The normalized spacial score (nSPS) is 10.9. The Morgan fingerprint density at radius 1 is 1.47 bits per heavy atom. The third-order valence-electron chi connectivity index (χ3n) is 1.49. The maximum absolute atomic E-state index is 12.8. The van der Waals surface area contributed by atoms with Gasteiger partial charge in [0.25, 0.3) is 0 Å². The minimum Gasteiger partial charge on any atom is -0.271 e. The summed E-state index contributed by atoms with van der Waals surface area (Å²) in [5.74, 6) is -1.89. The molecule has 0 aliphatic rings. The second-order valence-corrected chi connectivity index (χ2v) is 3.25. The molecule has 0 saturated carbocycles. The van der Waals surface area contributed by atoms with E-state index in [1.165, 1.54) is 17.8 Å². The van der Waals surface area contributed by atoms with Crippen LogP contribution in [0.5, 0.6) is 0 Å². The molecule has 0 bridgehead atoms. The summed E-state index contributed by atoms with van der Waals surface area (Å²) < 4.78 is 25.4. The summed E-state index contributed by atoms with van der Waals surface area (Å²) in [5, 5.41) is 11.0. The van der Waals surface area contributed by atoms with E-state index in [-0.39, 0.29) is 5.69 Å². The number of amidine groups is 1. The molecule has 78 valence electrons. The van der Waals surface area contributed by atoms with Crippen LogP contribution in [-0.2, 0) is 0 Å². The highest BCUT2D eigenvalue weighted by Gasteiger charge is 2.02. The van der Waals surface area contributed by atoms with Gasteiger partial charge in [-0.1, -0.05) is 11.8 Å². The van der Waals surface area contributed by atoms with Crippen LogP contribution in [-0.4, -0.2) is 11.4 Å². The van der Waals surface area contributed by atoms with Gasteiger partial charge in [0.2, 0.25) is 0 Å². The van der Waals surface area contributed by atoms with Gasteiger partial charge in [0.15, 0.2) is 23.0 Å². The number of hydrogen-bond donors (Lipinski definition) is 1. The van der Waals surface area contributed by atoms with E-state index in [9.17, 15) is 8.78 Å². The van der Waals surface area contributed by atoms with Crippen LogP contribution in [0.4, 0.5) is 14.5 Å². The highest BCUT2D eigenvalue weighted by Crippen LogP contribution is 2.17. The predicted octanol–water partition coefficient (Wildman–Crippen LogP) is 2.39.